The number of halogens is 1. The zero-order chi connectivity index (χ0) is 16.4. The molecule has 120 valence electrons. The van der Waals surface area contributed by atoms with E-state index in [4.69, 9.17) is 12.2 Å². The van der Waals surface area contributed by atoms with Gasteiger partial charge in [-0.2, -0.15) is 0 Å². The SMILES string of the molecule is CC(C)(C)C(O)(CCc1ccccc1F)Cn1[nH]cnc1=S. The van der Waals surface area contributed by atoms with E-state index in [9.17, 15) is 9.50 Å². The van der Waals surface area contributed by atoms with Crippen LogP contribution in [0, 0.1) is 16.0 Å². The van der Waals surface area contributed by atoms with Crippen LogP contribution in [0.1, 0.15) is 32.8 Å². The Labute approximate surface area is 135 Å². The van der Waals surface area contributed by atoms with Gasteiger partial charge in [0.15, 0.2) is 0 Å². The average Bonchev–Trinajstić information content (AvgIpc) is 2.82. The van der Waals surface area contributed by atoms with Crippen molar-refractivity contribution in [3.63, 3.8) is 0 Å². The molecule has 0 spiro atoms. The highest BCUT2D eigenvalue weighted by molar-refractivity contribution is 7.71. The molecular weight excluding hydrogens is 301 g/mol. The second-order valence-electron chi connectivity index (χ2n) is 6.63. The van der Waals surface area contributed by atoms with Gasteiger partial charge in [0.05, 0.1) is 12.1 Å². The van der Waals surface area contributed by atoms with Crippen LogP contribution in [0.15, 0.2) is 30.6 Å². The predicted molar refractivity (Wildman–Crippen MR) is 86.5 cm³/mol. The van der Waals surface area contributed by atoms with E-state index in [-0.39, 0.29) is 5.82 Å². The third-order valence-corrected chi connectivity index (χ3v) is 4.53. The molecule has 6 heteroatoms. The summed E-state index contributed by atoms with van der Waals surface area (Å²) >= 11 is 5.12. The molecule has 0 bridgehead atoms. The maximum atomic E-state index is 13.8. The third kappa shape index (κ3) is 3.62. The zero-order valence-corrected chi connectivity index (χ0v) is 14.0. The highest BCUT2D eigenvalue weighted by Gasteiger charge is 2.40. The fraction of sp³-hybridized carbons (Fsp3) is 0.500. The summed E-state index contributed by atoms with van der Waals surface area (Å²) in [6, 6.07) is 6.66. The molecule has 2 rings (SSSR count). The quantitative estimate of drug-likeness (QED) is 0.828. The van der Waals surface area contributed by atoms with Crippen LogP contribution in [0.4, 0.5) is 4.39 Å². The Hall–Kier alpha value is -1.53. The van der Waals surface area contributed by atoms with E-state index in [1.165, 1.54) is 12.4 Å². The second-order valence-corrected chi connectivity index (χ2v) is 6.99. The Morgan fingerprint density at radius 2 is 2.00 bits per heavy atom. The fourth-order valence-corrected chi connectivity index (χ4v) is 2.56. The van der Waals surface area contributed by atoms with E-state index in [0.29, 0.717) is 29.7 Å². The van der Waals surface area contributed by atoms with Crippen molar-refractivity contribution in [2.75, 3.05) is 0 Å². The molecule has 1 aromatic heterocycles. The van der Waals surface area contributed by atoms with E-state index in [1.54, 1.807) is 22.9 Å². The van der Waals surface area contributed by atoms with Gasteiger partial charge in [0, 0.05) is 0 Å². The summed E-state index contributed by atoms with van der Waals surface area (Å²) in [6.07, 6.45) is 2.39. The zero-order valence-electron chi connectivity index (χ0n) is 13.1. The maximum absolute atomic E-state index is 13.8. The van der Waals surface area contributed by atoms with Gasteiger partial charge in [-0.25, -0.2) is 9.37 Å². The van der Waals surface area contributed by atoms with Gasteiger partial charge in [0.25, 0.3) is 0 Å². The summed E-state index contributed by atoms with van der Waals surface area (Å²) in [5.74, 6) is -0.239. The molecule has 0 radical (unpaired) electrons. The highest BCUT2D eigenvalue weighted by atomic mass is 32.1. The van der Waals surface area contributed by atoms with Crippen molar-refractivity contribution < 1.29 is 9.50 Å². The molecule has 1 unspecified atom stereocenters. The molecular formula is C16H22FN3OS. The summed E-state index contributed by atoms with van der Waals surface area (Å²) in [4.78, 5) is 3.97. The Kier molecular flexibility index (Phi) is 4.82. The number of nitrogens with one attached hydrogen (secondary N) is 1. The number of nitrogens with zero attached hydrogens (tertiary/aromatic N) is 2. The fourth-order valence-electron chi connectivity index (χ4n) is 2.39. The molecule has 1 atom stereocenters. The van der Waals surface area contributed by atoms with E-state index in [0.717, 1.165) is 0 Å². The predicted octanol–water partition coefficient (Wildman–Crippen LogP) is 3.49. The van der Waals surface area contributed by atoms with Crippen molar-refractivity contribution in [1.29, 1.82) is 0 Å². The summed E-state index contributed by atoms with van der Waals surface area (Å²) in [6.45, 7) is 6.20. The van der Waals surface area contributed by atoms with Gasteiger partial charge in [-0.15, -0.1) is 0 Å². The Morgan fingerprint density at radius 3 is 2.55 bits per heavy atom. The first-order valence-corrected chi connectivity index (χ1v) is 7.70. The number of hydrogen-bond acceptors (Lipinski definition) is 3. The lowest BCUT2D eigenvalue weighted by Crippen LogP contribution is -2.47. The largest absolute Gasteiger partial charge is 0.387 e. The van der Waals surface area contributed by atoms with Gasteiger partial charge in [-0.05, 0) is 42.1 Å². The number of rotatable bonds is 5. The summed E-state index contributed by atoms with van der Waals surface area (Å²) in [5, 5.41) is 14.1. The number of aromatic nitrogens is 3. The van der Waals surface area contributed by atoms with Gasteiger partial charge >= 0.3 is 0 Å². The first-order valence-electron chi connectivity index (χ1n) is 7.29. The summed E-state index contributed by atoms with van der Waals surface area (Å²) in [7, 11) is 0. The first-order chi connectivity index (χ1) is 10.2. The lowest BCUT2D eigenvalue weighted by atomic mass is 9.73. The van der Waals surface area contributed by atoms with Crippen LogP contribution in [-0.2, 0) is 13.0 Å². The summed E-state index contributed by atoms with van der Waals surface area (Å²) < 4.78 is 15.8. The van der Waals surface area contributed by atoms with Crippen molar-refractivity contribution in [3.05, 3.63) is 46.7 Å². The van der Waals surface area contributed by atoms with Crippen LogP contribution < -0.4 is 0 Å². The molecule has 0 fully saturated rings. The number of benzene rings is 1. The third-order valence-electron chi connectivity index (χ3n) is 4.20. The molecule has 0 saturated heterocycles. The first kappa shape index (κ1) is 16.8. The number of H-pyrrole nitrogens is 1. The molecule has 2 aromatic rings. The average molecular weight is 323 g/mol. The van der Waals surface area contributed by atoms with Crippen LogP contribution in [0.3, 0.4) is 0 Å². The van der Waals surface area contributed by atoms with Gasteiger partial charge in [-0.3, -0.25) is 9.78 Å². The maximum Gasteiger partial charge on any atom is 0.215 e. The van der Waals surface area contributed by atoms with E-state index < -0.39 is 11.0 Å². The monoisotopic (exact) mass is 323 g/mol. The van der Waals surface area contributed by atoms with Crippen LogP contribution in [0.25, 0.3) is 0 Å². The summed E-state index contributed by atoms with van der Waals surface area (Å²) in [5.41, 5.74) is -0.823. The minimum absolute atomic E-state index is 0.239. The number of hydrogen-bond donors (Lipinski definition) is 2. The minimum Gasteiger partial charge on any atom is -0.387 e. The molecule has 0 saturated carbocycles. The van der Waals surface area contributed by atoms with Gasteiger partial charge < -0.3 is 5.11 Å². The van der Waals surface area contributed by atoms with Gasteiger partial charge in [0.1, 0.15) is 12.1 Å². The van der Waals surface area contributed by atoms with Gasteiger partial charge in [0.2, 0.25) is 4.77 Å². The topological polar surface area (TPSA) is 53.8 Å². The van der Waals surface area contributed by atoms with Gasteiger partial charge in [-0.1, -0.05) is 39.0 Å². The Morgan fingerprint density at radius 1 is 1.32 bits per heavy atom. The molecule has 0 aliphatic carbocycles. The van der Waals surface area contributed by atoms with Crippen LogP contribution >= 0.6 is 12.2 Å². The molecule has 0 amide bonds. The lowest BCUT2D eigenvalue weighted by molar-refractivity contribution is -0.0799. The molecule has 0 aliphatic rings. The standard InChI is InChI=1S/C16H22FN3OS/c1-15(2,3)16(21,10-20-14(22)18-11-19-20)9-8-12-6-4-5-7-13(12)17/h4-7,11,21H,8-10H2,1-3H3,(H,18,19,22). The number of aromatic amines is 1. The normalized spacial score (nSPS) is 14.8. The number of aryl methyl sites for hydroxylation is 1. The lowest BCUT2D eigenvalue weighted by Gasteiger charge is -2.40. The van der Waals surface area contributed by atoms with E-state index in [1.807, 2.05) is 20.8 Å². The highest BCUT2D eigenvalue weighted by Crippen LogP contribution is 2.36. The van der Waals surface area contributed by atoms with Crippen molar-refractivity contribution in [2.45, 2.75) is 45.8 Å². The molecule has 4 nitrogen and oxygen atoms in total. The second kappa shape index (κ2) is 6.30. The van der Waals surface area contributed by atoms with E-state index in [2.05, 4.69) is 10.1 Å². The minimum atomic E-state index is -1.04. The molecule has 1 heterocycles. The van der Waals surface area contributed by atoms with Crippen LogP contribution in [0.5, 0.6) is 0 Å². The molecule has 1 aromatic carbocycles. The Balaban J connectivity index is 2.21. The van der Waals surface area contributed by atoms with E-state index >= 15 is 0 Å². The molecule has 2 N–H and O–H groups in total. The number of aliphatic hydroxyl groups is 1. The molecule has 0 aliphatic heterocycles. The smallest absolute Gasteiger partial charge is 0.215 e. The Bertz CT molecular complexity index is 689. The van der Waals surface area contributed by atoms with Crippen molar-refractivity contribution in [1.82, 2.24) is 14.8 Å². The molecule has 22 heavy (non-hydrogen) atoms. The van der Waals surface area contributed by atoms with Crippen LogP contribution in [0.2, 0.25) is 0 Å². The van der Waals surface area contributed by atoms with Crippen LogP contribution in [-0.4, -0.2) is 25.5 Å². The van der Waals surface area contributed by atoms with Crippen molar-refractivity contribution >= 4 is 12.2 Å². The van der Waals surface area contributed by atoms with Crippen molar-refractivity contribution in [2.24, 2.45) is 5.41 Å². The van der Waals surface area contributed by atoms with Crippen molar-refractivity contribution in [3.8, 4) is 0 Å².